The first-order chi connectivity index (χ1) is 13.1. The quantitative estimate of drug-likeness (QED) is 0.856. The number of rotatable bonds is 6. The van der Waals surface area contributed by atoms with Crippen LogP contribution in [-0.4, -0.2) is 48.3 Å². The van der Waals surface area contributed by atoms with Crippen molar-refractivity contribution in [2.45, 2.75) is 31.5 Å². The molecule has 0 spiro atoms. The number of amides is 2. The Kier molecular flexibility index (Phi) is 6.24. The first kappa shape index (κ1) is 19.1. The fraction of sp³-hybridized carbons (Fsp3) is 0.364. The van der Waals surface area contributed by atoms with Crippen LogP contribution in [0.1, 0.15) is 30.0 Å². The van der Waals surface area contributed by atoms with Gasteiger partial charge in [0.25, 0.3) is 0 Å². The van der Waals surface area contributed by atoms with E-state index in [9.17, 15) is 9.59 Å². The second-order valence-electron chi connectivity index (χ2n) is 7.00. The highest BCUT2D eigenvalue weighted by Crippen LogP contribution is 2.30. The number of benzene rings is 2. The van der Waals surface area contributed by atoms with Crippen molar-refractivity contribution >= 4 is 11.8 Å². The molecule has 1 fully saturated rings. The van der Waals surface area contributed by atoms with Crippen LogP contribution in [0.25, 0.3) is 0 Å². The third-order valence-corrected chi connectivity index (χ3v) is 5.16. The number of hydrogen-bond acceptors (Lipinski definition) is 3. The van der Waals surface area contributed by atoms with E-state index in [0.29, 0.717) is 6.54 Å². The van der Waals surface area contributed by atoms with Crippen LogP contribution in [0.4, 0.5) is 0 Å². The number of likely N-dealkylation sites (tertiary alicyclic amines) is 1. The van der Waals surface area contributed by atoms with E-state index in [-0.39, 0.29) is 17.9 Å². The Bertz CT molecular complexity index is 764. The van der Waals surface area contributed by atoms with Crippen LogP contribution < -0.4 is 5.32 Å². The fourth-order valence-electron chi connectivity index (χ4n) is 3.82. The number of likely N-dealkylation sites (N-methyl/N-ethyl adjacent to an activating group) is 2. The Morgan fingerprint density at radius 3 is 2.37 bits per heavy atom. The summed E-state index contributed by atoms with van der Waals surface area (Å²) in [4.78, 5) is 29.6. The molecule has 1 aliphatic rings. The molecule has 2 aromatic carbocycles. The van der Waals surface area contributed by atoms with Gasteiger partial charge in [0.15, 0.2) is 0 Å². The van der Waals surface area contributed by atoms with E-state index in [1.165, 1.54) is 0 Å². The zero-order chi connectivity index (χ0) is 19.2. The minimum atomic E-state index is -0.447. The summed E-state index contributed by atoms with van der Waals surface area (Å²) in [6.45, 7) is 1.31. The maximum Gasteiger partial charge on any atom is 0.241 e. The number of carbonyl (C=O) groups is 2. The Morgan fingerprint density at radius 1 is 1.11 bits per heavy atom. The van der Waals surface area contributed by atoms with Crippen molar-refractivity contribution in [2.24, 2.45) is 0 Å². The summed E-state index contributed by atoms with van der Waals surface area (Å²) in [6, 6.07) is 18.9. The van der Waals surface area contributed by atoms with E-state index >= 15 is 0 Å². The van der Waals surface area contributed by atoms with Gasteiger partial charge in [0.1, 0.15) is 6.04 Å². The van der Waals surface area contributed by atoms with Crippen LogP contribution in [0, 0.1) is 0 Å². The van der Waals surface area contributed by atoms with E-state index < -0.39 is 6.04 Å². The molecule has 2 amide bonds. The summed E-state index contributed by atoms with van der Waals surface area (Å²) in [5.74, 6) is -0.00667. The van der Waals surface area contributed by atoms with Crippen molar-refractivity contribution in [3.8, 4) is 0 Å². The molecule has 0 aromatic heterocycles. The Hall–Kier alpha value is -2.66. The molecule has 5 nitrogen and oxygen atoms in total. The van der Waals surface area contributed by atoms with Crippen LogP contribution in [0.15, 0.2) is 60.7 Å². The summed E-state index contributed by atoms with van der Waals surface area (Å²) in [6.07, 6.45) is 1.69. The van der Waals surface area contributed by atoms with Gasteiger partial charge in [0, 0.05) is 27.2 Å². The molecule has 0 unspecified atom stereocenters. The van der Waals surface area contributed by atoms with Gasteiger partial charge in [0.05, 0.1) is 6.04 Å². The largest absolute Gasteiger partial charge is 0.358 e. The van der Waals surface area contributed by atoms with E-state index in [0.717, 1.165) is 30.5 Å². The lowest BCUT2D eigenvalue weighted by molar-refractivity contribution is -0.138. The molecule has 0 saturated carbocycles. The lowest BCUT2D eigenvalue weighted by Gasteiger charge is -2.33. The molecule has 1 saturated heterocycles. The average Bonchev–Trinajstić information content (AvgIpc) is 3.18. The molecule has 1 heterocycles. The highest BCUT2D eigenvalue weighted by Gasteiger charge is 2.40. The average molecular weight is 365 g/mol. The second-order valence-corrected chi connectivity index (χ2v) is 7.00. The van der Waals surface area contributed by atoms with Gasteiger partial charge in [-0.1, -0.05) is 60.7 Å². The first-order valence-corrected chi connectivity index (χ1v) is 9.43. The molecule has 2 atom stereocenters. The summed E-state index contributed by atoms with van der Waals surface area (Å²) < 4.78 is 0. The zero-order valence-electron chi connectivity index (χ0n) is 16.0. The van der Waals surface area contributed by atoms with Crippen molar-refractivity contribution in [1.29, 1.82) is 0 Å². The summed E-state index contributed by atoms with van der Waals surface area (Å²) in [5.41, 5.74) is 2.02. The van der Waals surface area contributed by atoms with E-state index in [1.54, 1.807) is 11.9 Å². The predicted molar refractivity (Wildman–Crippen MR) is 106 cm³/mol. The molecule has 1 aliphatic heterocycles. The monoisotopic (exact) mass is 365 g/mol. The molecule has 1 N–H and O–H groups in total. The van der Waals surface area contributed by atoms with Gasteiger partial charge in [-0.2, -0.15) is 0 Å². The third kappa shape index (κ3) is 4.37. The van der Waals surface area contributed by atoms with Crippen molar-refractivity contribution in [3.05, 3.63) is 71.8 Å². The molecule has 0 radical (unpaired) electrons. The fourth-order valence-corrected chi connectivity index (χ4v) is 3.82. The van der Waals surface area contributed by atoms with Gasteiger partial charge in [-0.15, -0.1) is 0 Å². The predicted octanol–water partition coefficient (Wildman–Crippen LogP) is 2.60. The van der Waals surface area contributed by atoms with Gasteiger partial charge < -0.3 is 10.2 Å². The molecule has 5 heteroatoms. The van der Waals surface area contributed by atoms with Crippen LogP contribution in [0.5, 0.6) is 0 Å². The lowest BCUT2D eigenvalue weighted by atomic mass is 10.0. The number of nitrogens with one attached hydrogen (secondary N) is 1. The van der Waals surface area contributed by atoms with Gasteiger partial charge in [-0.25, -0.2) is 0 Å². The molecular weight excluding hydrogens is 338 g/mol. The molecule has 142 valence electrons. The highest BCUT2D eigenvalue weighted by molar-refractivity contribution is 5.86. The molecule has 3 rings (SSSR count). The van der Waals surface area contributed by atoms with Gasteiger partial charge in [-0.3, -0.25) is 14.5 Å². The number of hydrogen-bond donors (Lipinski definition) is 1. The van der Waals surface area contributed by atoms with Crippen molar-refractivity contribution in [2.75, 3.05) is 20.6 Å². The van der Waals surface area contributed by atoms with Gasteiger partial charge in [-0.05, 0) is 24.0 Å². The van der Waals surface area contributed by atoms with E-state index in [4.69, 9.17) is 0 Å². The van der Waals surface area contributed by atoms with Gasteiger partial charge in [0.2, 0.25) is 11.8 Å². The van der Waals surface area contributed by atoms with Crippen molar-refractivity contribution in [1.82, 2.24) is 15.1 Å². The number of nitrogens with zero attached hydrogens (tertiary/aromatic N) is 2. The summed E-state index contributed by atoms with van der Waals surface area (Å²) in [5, 5.41) is 2.76. The maximum atomic E-state index is 13.2. The first-order valence-electron chi connectivity index (χ1n) is 9.43. The van der Waals surface area contributed by atoms with Crippen LogP contribution in [-0.2, 0) is 16.1 Å². The maximum absolute atomic E-state index is 13.2. The normalized spacial score (nSPS) is 18.1. The lowest BCUT2D eigenvalue weighted by Crippen LogP contribution is -2.48. The third-order valence-electron chi connectivity index (χ3n) is 5.16. The smallest absolute Gasteiger partial charge is 0.241 e. The molecule has 2 aromatic rings. The van der Waals surface area contributed by atoms with Gasteiger partial charge >= 0.3 is 0 Å². The summed E-state index contributed by atoms with van der Waals surface area (Å²) in [7, 11) is 3.48. The Morgan fingerprint density at radius 2 is 1.74 bits per heavy atom. The molecule has 27 heavy (non-hydrogen) atoms. The highest BCUT2D eigenvalue weighted by atomic mass is 16.2. The van der Waals surface area contributed by atoms with Crippen LogP contribution >= 0.6 is 0 Å². The number of carbonyl (C=O) groups excluding carboxylic acids is 2. The van der Waals surface area contributed by atoms with Crippen LogP contribution in [0.3, 0.4) is 0 Å². The molecule has 0 aliphatic carbocycles. The van der Waals surface area contributed by atoms with E-state index in [1.807, 2.05) is 67.7 Å². The molecular formula is C22H27N3O2. The van der Waals surface area contributed by atoms with Crippen LogP contribution in [0.2, 0.25) is 0 Å². The Labute approximate surface area is 161 Å². The van der Waals surface area contributed by atoms with Crippen molar-refractivity contribution < 1.29 is 9.59 Å². The standard InChI is InChI=1S/C22H27N3O2/c1-23-21(26)20(18-12-7-4-8-13-18)25-15-9-14-19(25)22(27)24(2)16-17-10-5-3-6-11-17/h3-8,10-13,19-20H,9,14-16H2,1-2H3,(H,23,26)/t19-,20+/m0/s1. The second kappa shape index (κ2) is 8.82. The Balaban J connectivity index is 1.80. The zero-order valence-corrected chi connectivity index (χ0v) is 16.0. The minimum absolute atomic E-state index is 0.0705. The summed E-state index contributed by atoms with van der Waals surface area (Å²) >= 11 is 0. The molecule has 0 bridgehead atoms. The van der Waals surface area contributed by atoms with Crippen molar-refractivity contribution in [3.63, 3.8) is 0 Å². The SMILES string of the molecule is CNC(=O)[C@@H](c1ccccc1)N1CCC[C@H]1C(=O)N(C)Cc1ccccc1. The topological polar surface area (TPSA) is 52.7 Å². The van der Waals surface area contributed by atoms with E-state index in [2.05, 4.69) is 10.2 Å². The minimum Gasteiger partial charge on any atom is -0.358 e.